The molecule has 18 heavy (non-hydrogen) atoms. The van der Waals surface area contributed by atoms with Crippen molar-refractivity contribution in [2.75, 3.05) is 40.4 Å². The first-order chi connectivity index (χ1) is 8.47. The van der Waals surface area contributed by atoms with Gasteiger partial charge in [-0.25, -0.2) is 0 Å². The van der Waals surface area contributed by atoms with Gasteiger partial charge < -0.3 is 9.47 Å². The van der Waals surface area contributed by atoms with E-state index < -0.39 is 0 Å². The number of esters is 2. The van der Waals surface area contributed by atoms with Gasteiger partial charge in [-0.2, -0.15) is 0 Å². The Balaban J connectivity index is 2.53. The number of carbonyl (C=O) groups excluding carboxylic acids is 2. The Morgan fingerprint density at radius 1 is 0.944 bits per heavy atom. The first-order valence-electron chi connectivity index (χ1n) is 6.09. The largest absolute Gasteiger partial charge is 0.468 e. The third-order valence-corrected chi connectivity index (χ3v) is 3.36. The lowest BCUT2D eigenvalue weighted by Gasteiger charge is -2.43. The monoisotopic (exact) mass is 258 g/mol. The maximum Gasteiger partial charge on any atom is 0.319 e. The van der Waals surface area contributed by atoms with Crippen LogP contribution in [0.15, 0.2) is 0 Å². The summed E-state index contributed by atoms with van der Waals surface area (Å²) in [4.78, 5) is 26.7. The molecule has 1 heterocycles. The van der Waals surface area contributed by atoms with Gasteiger partial charge in [0.05, 0.1) is 27.3 Å². The van der Waals surface area contributed by atoms with Crippen molar-refractivity contribution in [3.8, 4) is 0 Å². The number of hydrogen-bond acceptors (Lipinski definition) is 6. The second-order valence-corrected chi connectivity index (χ2v) is 4.71. The van der Waals surface area contributed by atoms with Crippen LogP contribution in [0.3, 0.4) is 0 Å². The standard InChI is InChI=1S/C12H22N2O4/c1-9-5-14(8-12(16)18-4)10(2)6-13(9)7-11(15)17-3/h9-10H,5-8H2,1-4H3. The molecule has 0 aliphatic carbocycles. The molecule has 0 bridgehead atoms. The minimum Gasteiger partial charge on any atom is -0.468 e. The van der Waals surface area contributed by atoms with Crippen LogP contribution >= 0.6 is 0 Å². The zero-order valence-corrected chi connectivity index (χ0v) is 11.5. The molecule has 0 amide bonds. The van der Waals surface area contributed by atoms with Crippen molar-refractivity contribution in [2.45, 2.75) is 25.9 Å². The smallest absolute Gasteiger partial charge is 0.319 e. The van der Waals surface area contributed by atoms with E-state index in [0.29, 0.717) is 13.1 Å². The van der Waals surface area contributed by atoms with Gasteiger partial charge in [-0.3, -0.25) is 19.4 Å². The van der Waals surface area contributed by atoms with E-state index in [1.54, 1.807) is 0 Å². The summed E-state index contributed by atoms with van der Waals surface area (Å²) in [7, 11) is 2.79. The molecule has 1 saturated heterocycles. The van der Waals surface area contributed by atoms with Crippen LogP contribution in [0.5, 0.6) is 0 Å². The molecule has 1 aliphatic heterocycles. The minimum absolute atomic E-state index is 0.213. The highest BCUT2D eigenvalue weighted by molar-refractivity contribution is 5.72. The van der Waals surface area contributed by atoms with Crippen LogP contribution in [-0.2, 0) is 19.1 Å². The van der Waals surface area contributed by atoms with Crippen LogP contribution in [0.4, 0.5) is 0 Å². The molecule has 0 radical (unpaired) electrons. The molecule has 0 N–H and O–H groups in total. The van der Waals surface area contributed by atoms with Gasteiger partial charge in [0, 0.05) is 25.2 Å². The molecule has 2 unspecified atom stereocenters. The fourth-order valence-corrected chi connectivity index (χ4v) is 2.17. The van der Waals surface area contributed by atoms with Crippen molar-refractivity contribution in [3.63, 3.8) is 0 Å². The van der Waals surface area contributed by atoms with Gasteiger partial charge in [0.2, 0.25) is 0 Å². The molecule has 0 aromatic rings. The highest BCUT2D eigenvalue weighted by Crippen LogP contribution is 2.14. The van der Waals surface area contributed by atoms with E-state index in [0.717, 1.165) is 13.1 Å². The van der Waals surface area contributed by atoms with Gasteiger partial charge in [0.25, 0.3) is 0 Å². The van der Waals surface area contributed by atoms with Crippen LogP contribution in [-0.4, -0.2) is 74.2 Å². The summed E-state index contributed by atoms with van der Waals surface area (Å²) in [5, 5.41) is 0. The van der Waals surface area contributed by atoms with Crippen LogP contribution in [0.1, 0.15) is 13.8 Å². The van der Waals surface area contributed by atoms with Gasteiger partial charge in [-0.05, 0) is 13.8 Å². The average Bonchev–Trinajstić information content (AvgIpc) is 2.34. The number of nitrogens with zero attached hydrogens (tertiary/aromatic N) is 2. The summed E-state index contributed by atoms with van der Waals surface area (Å²) in [5.41, 5.74) is 0. The molecule has 0 aromatic heterocycles. The lowest BCUT2D eigenvalue weighted by atomic mass is 10.1. The first kappa shape index (κ1) is 14.9. The van der Waals surface area contributed by atoms with Gasteiger partial charge in [0.1, 0.15) is 0 Å². The topological polar surface area (TPSA) is 59.1 Å². The molecule has 6 nitrogen and oxygen atoms in total. The van der Waals surface area contributed by atoms with Crippen LogP contribution in [0, 0.1) is 0 Å². The van der Waals surface area contributed by atoms with E-state index in [4.69, 9.17) is 0 Å². The Bertz CT molecular complexity index is 278. The van der Waals surface area contributed by atoms with Gasteiger partial charge >= 0.3 is 11.9 Å². The molecule has 0 saturated carbocycles. The summed E-state index contributed by atoms with van der Waals surface area (Å²) in [6.45, 7) is 6.17. The van der Waals surface area contributed by atoms with Gasteiger partial charge in [-0.1, -0.05) is 0 Å². The fraction of sp³-hybridized carbons (Fsp3) is 0.833. The first-order valence-corrected chi connectivity index (χ1v) is 6.09. The van der Waals surface area contributed by atoms with Crippen molar-refractivity contribution < 1.29 is 19.1 Å². The molecule has 1 aliphatic rings. The summed E-state index contributed by atoms with van der Waals surface area (Å²) in [5.74, 6) is -0.453. The van der Waals surface area contributed by atoms with Crippen LogP contribution < -0.4 is 0 Å². The number of piperazine rings is 1. The van der Waals surface area contributed by atoms with Crippen LogP contribution in [0.25, 0.3) is 0 Å². The summed E-state index contributed by atoms with van der Waals surface area (Å²) >= 11 is 0. The number of carbonyl (C=O) groups is 2. The van der Waals surface area contributed by atoms with E-state index in [9.17, 15) is 9.59 Å². The van der Waals surface area contributed by atoms with Crippen molar-refractivity contribution in [1.29, 1.82) is 0 Å². The number of hydrogen-bond donors (Lipinski definition) is 0. The molecule has 0 aromatic carbocycles. The van der Waals surface area contributed by atoms with Crippen molar-refractivity contribution >= 4 is 11.9 Å². The lowest BCUT2D eigenvalue weighted by molar-refractivity contribution is -0.147. The zero-order chi connectivity index (χ0) is 13.7. The number of ether oxygens (including phenoxy) is 2. The zero-order valence-electron chi connectivity index (χ0n) is 11.5. The fourth-order valence-electron chi connectivity index (χ4n) is 2.17. The average molecular weight is 258 g/mol. The van der Waals surface area contributed by atoms with E-state index in [-0.39, 0.29) is 24.0 Å². The van der Waals surface area contributed by atoms with Crippen molar-refractivity contribution in [2.24, 2.45) is 0 Å². The van der Waals surface area contributed by atoms with E-state index in [2.05, 4.69) is 19.3 Å². The second-order valence-electron chi connectivity index (χ2n) is 4.71. The second kappa shape index (κ2) is 6.70. The molecule has 1 fully saturated rings. The number of methoxy groups -OCH3 is 2. The molecule has 2 atom stereocenters. The maximum atomic E-state index is 11.3. The van der Waals surface area contributed by atoms with Gasteiger partial charge in [0.15, 0.2) is 0 Å². The Morgan fingerprint density at radius 2 is 1.28 bits per heavy atom. The highest BCUT2D eigenvalue weighted by atomic mass is 16.5. The van der Waals surface area contributed by atoms with Crippen molar-refractivity contribution in [1.82, 2.24) is 9.80 Å². The Kier molecular flexibility index (Phi) is 5.55. The predicted molar refractivity (Wildman–Crippen MR) is 66.1 cm³/mol. The Labute approximate surface area is 108 Å². The number of rotatable bonds is 4. The van der Waals surface area contributed by atoms with Crippen LogP contribution in [0.2, 0.25) is 0 Å². The Hall–Kier alpha value is -1.14. The Morgan fingerprint density at radius 3 is 1.56 bits per heavy atom. The molecular formula is C12H22N2O4. The quantitative estimate of drug-likeness (QED) is 0.647. The summed E-state index contributed by atoms with van der Waals surface area (Å²) in [6.07, 6.45) is 0. The third kappa shape index (κ3) is 3.96. The molecule has 0 spiro atoms. The molecule has 104 valence electrons. The highest BCUT2D eigenvalue weighted by Gasteiger charge is 2.31. The normalized spacial score (nSPS) is 25.8. The SMILES string of the molecule is COC(=O)CN1CC(C)N(CC(=O)OC)CC1C. The lowest BCUT2D eigenvalue weighted by Crippen LogP contribution is -2.58. The molecule has 1 rings (SSSR count). The van der Waals surface area contributed by atoms with E-state index in [1.165, 1.54) is 14.2 Å². The predicted octanol–water partition coefficient (Wildman–Crippen LogP) is -0.273. The van der Waals surface area contributed by atoms with Crippen molar-refractivity contribution in [3.05, 3.63) is 0 Å². The van der Waals surface area contributed by atoms with Gasteiger partial charge in [-0.15, -0.1) is 0 Å². The van der Waals surface area contributed by atoms with E-state index in [1.807, 2.05) is 13.8 Å². The maximum absolute atomic E-state index is 11.3. The van der Waals surface area contributed by atoms with E-state index >= 15 is 0 Å². The third-order valence-electron chi connectivity index (χ3n) is 3.36. The minimum atomic E-state index is -0.226. The molecular weight excluding hydrogens is 236 g/mol. The summed E-state index contributed by atoms with van der Waals surface area (Å²) in [6, 6.07) is 0.426. The summed E-state index contributed by atoms with van der Waals surface area (Å²) < 4.78 is 9.35. The molecule has 6 heteroatoms.